The van der Waals surface area contributed by atoms with E-state index in [4.69, 9.17) is 0 Å². The Morgan fingerprint density at radius 2 is 1.43 bits per heavy atom. The van der Waals surface area contributed by atoms with E-state index in [9.17, 15) is 4.57 Å². The van der Waals surface area contributed by atoms with Crippen molar-refractivity contribution < 1.29 is 4.57 Å². The molecule has 1 aliphatic rings. The van der Waals surface area contributed by atoms with Crippen LogP contribution in [0.4, 0.5) is 0 Å². The molecule has 0 radical (unpaired) electrons. The summed E-state index contributed by atoms with van der Waals surface area (Å²) >= 11 is 0. The molecular weight excluding hydrogens is 277 g/mol. The standard InChI is InChI=1S/C18H22NOP/c1-15-9-8-14-18(15)19-21(20,16-10-4-2-5-11-16)17-12-6-3-7-13-17/h2-7,10-13,15,18H,8-9,14H2,1H3,(H,19,20)/t15-,18-/m1/s1. The lowest BCUT2D eigenvalue weighted by Crippen LogP contribution is -2.36. The maximum absolute atomic E-state index is 13.8. The summed E-state index contributed by atoms with van der Waals surface area (Å²) in [5, 5.41) is 5.33. The first-order valence-electron chi connectivity index (χ1n) is 7.69. The van der Waals surface area contributed by atoms with Gasteiger partial charge in [0.25, 0.3) is 0 Å². The van der Waals surface area contributed by atoms with Gasteiger partial charge in [-0.3, -0.25) is 9.65 Å². The van der Waals surface area contributed by atoms with Crippen LogP contribution in [0.15, 0.2) is 60.7 Å². The van der Waals surface area contributed by atoms with E-state index in [1.807, 2.05) is 60.7 Å². The van der Waals surface area contributed by atoms with E-state index in [0.717, 1.165) is 17.0 Å². The lowest BCUT2D eigenvalue weighted by Gasteiger charge is -2.26. The highest BCUT2D eigenvalue weighted by Gasteiger charge is 2.33. The summed E-state index contributed by atoms with van der Waals surface area (Å²) in [6.45, 7) is 2.25. The van der Waals surface area contributed by atoms with Gasteiger partial charge in [-0.25, -0.2) is 0 Å². The van der Waals surface area contributed by atoms with Crippen LogP contribution < -0.4 is 15.7 Å². The van der Waals surface area contributed by atoms with Crippen LogP contribution in [0.3, 0.4) is 0 Å². The third-order valence-electron chi connectivity index (χ3n) is 4.45. The van der Waals surface area contributed by atoms with Crippen LogP contribution in [0.2, 0.25) is 0 Å². The normalized spacial score (nSPS) is 22.3. The quantitative estimate of drug-likeness (QED) is 0.872. The van der Waals surface area contributed by atoms with E-state index in [1.165, 1.54) is 12.8 Å². The highest BCUT2D eigenvalue weighted by molar-refractivity contribution is 7.76. The highest BCUT2D eigenvalue weighted by atomic mass is 31.2. The molecule has 3 heteroatoms. The molecule has 2 nitrogen and oxygen atoms in total. The summed E-state index contributed by atoms with van der Waals surface area (Å²) in [7, 11) is -2.76. The van der Waals surface area contributed by atoms with Crippen molar-refractivity contribution in [3.63, 3.8) is 0 Å². The molecule has 2 aromatic rings. The van der Waals surface area contributed by atoms with Crippen molar-refractivity contribution in [1.82, 2.24) is 5.09 Å². The summed E-state index contributed by atoms with van der Waals surface area (Å²) in [6, 6.07) is 20.0. The van der Waals surface area contributed by atoms with Crippen LogP contribution in [0, 0.1) is 5.92 Å². The average molecular weight is 299 g/mol. The maximum atomic E-state index is 13.8. The van der Waals surface area contributed by atoms with E-state index in [2.05, 4.69) is 12.0 Å². The molecule has 0 unspecified atom stereocenters. The molecule has 1 saturated carbocycles. The third kappa shape index (κ3) is 2.97. The lowest BCUT2D eigenvalue weighted by atomic mass is 10.1. The van der Waals surface area contributed by atoms with Crippen molar-refractivity contribution in [2.45, 2.75) is 32.2 Å². The van der Waals surface area contributed by atoms with E-state index in [1.54, 1.807) is 0 Å². The van der Waals surface area contributed by atoms with Gasteiger partial charge in [-0.15, -0.1) is 0 Å². The smallest absolute Gasteiger partial charge is 0.204 e. The molecule has 0 saturated heterocycles. The predicted octanol–water partition coefficient (Wildman–Crippen LogP) is 3.69. The van der Waals surface area contributed by atoms with Crippen LogP contribution >= 0.6 is 7.29 Å². The Hall–Kier alpha value is -1.37. The second-order valence-corrected chi connectivity index (χ2v) is 8.43. The van der Waals surface area contributed by atoms with Gasteiger partial charge in [0.1, 0.15) is 0 Å². The zero-order chi connectivity index (χ0) is 14.7. The molecule has 110 valence electrons. The Labute approximate surface area is 127 Å². The van der Waals surface area contributed by atoms with Crippen molar-refractivity contribution in [2.75, 3.05) is 0 Å². The van der Waals surface area contributed by atoms with Crippen LogP contribution in [-0.2, 0) is 4.57 Å². The largest absolute Gasteiger partial charge is 0.297 e. The number of hydrogen-bond acceptors (Lipinski definition) is 1. The van der Waals surface area contributed by atoms with Crippen molar-refractivity contribution >= 4 is 17.9 Å². The van der Waals surface area contributed by atoms with Gasteiger partial charge in [0.05, 0.1) is 0 Å². The summed E-state index contributed by atoms with van der Waals surface area (Å²) < 4.78 is 13.8. The molecule has 1 N–H and O–H groups in total. The van der Waals surface area contributed by atoms with Gasteiger partial charge >= 0.3 is 0 Å². The van der Waals surface area contributed by atoms with Crippen molar-refractivity contribution in [2.24, 2.45) is 5.92 Å². The van der Waals surface area contributed by atoms with Gasteiger partial charge in [0, 0.05) is 16.7 Å². The fourth-order valence-corrected chi connectivity index (χ4v) is 5.78. The van der Waals surface area contributed by atoms with E-state index in [-0.39, 0.29) is 0 Å². The summed E-state index contributed by atoms with van der Waals surface area (Å²) in [4.78, 5) is 0. The zero-order valence-electron chi connectivity index (χ0n) is 12.4. The number of nitrogens with one attached hydrogen (secondary N) is 1. The minimum atomic E-state index is -2.76. The summed E-state index contributed by atoms with van der Waals surface area (Å²) in [5.41, 5.74) is 0. The molecule has 1 fully saturated rings. The third-order valence-corrected chi connectivity index (χ3v) is 7.19. The summed E-state index contributed by atoms with van der Waals surface area (Å²) in [5.74, 6) is 0.589. The minimum absolute atomic E-state index is 0.344. The number of benzene rings is 2. The molecule has 2 aromatic carbocycles. The Morgan fingerprint density at radius 1 is 0.905 bits per heavy atom. The Kier molecular flexibility index (Phi) is 4.28. The van der Waals surface area contributed by atoms with Gasteiger partial charge in [0.2, 0.25) is 7.29 Å². The lowest BCUT2D eigenvalue weighted by molar-refractivity contribution is 0.482. The Balaban J connectivity index is 2.01. The van der Waals surface area contributed by atoms with Crippen LogP contribution in [0.5, 0.6) is 0 Å². The fraction of sp³-hybridized carbons (Fsp3) is 0.333. The molecule has 0 aromatic heterocycles. The highest BCUT2D eigenvalue weighted by Crippen LogP contribution is 2.42. The van der Waals surface area contributed by atoms with Crippen molar-refractivity contribution in [3.8, 4) is 0 Å². The molecule has 21 heavy (non-hydrogen) atoms. The van der Waals surface area contributed by atoms with Gasteiger partial charge < -0.3 is 0 Å². The van der Waals surface area contributed by atoms with Gasteiger partial charge in [0.15, 0.2) is 0 Å². The molecule has 0 heterocycles. The second-order valence-electron chi connectivity index (χ2n) is 5.92. The monoisotopic (exact) mass is 299 g/mol. The summed E-state index contributed by atoms with van der Waals surface area (Å²) in [6.07, 6.45) is 3.56. The molecule has 2 atom stereocenters. The van der Waals surface area contributed by atoms with Crippen LogP contribution in [0.25, 0.3) is 0 Å². The first kappa shape index (κ1) is 14.6. The van der Waals surface area contributed by atoms with E-state index in [0.29, 0.717) is 12.0 Å². The van der Waals surface area contributed by atoms with Gasteiger partial charge in [-0.05, 0) is 43.0 Å². The van der Waals surface area contributed by atoms with Crippen LogP contribution in [0.1, 0.15) is 26.2 Å². The van der Waals surface area contributed by atoms with E-state index < -0.39 is 7.29 Å². The average Bonchev–Trinajstić information content (AvgIpc) is 2.94. The molecule has 0 spiro atoms. The molecule has 0 amide bonds. The first-order chi connectivity index (χ1) is 10.2. The number of rotatable bonds is 4. The molecule has 0 aliphatic heterocycles. The zero-order valence-corrected chi connectivity index (χ0v) is 13.3. The first-order valence-corrected chi connectivity index (χ1v) is 9.40. The molecule has 0 bridgehead atoms. The molecule has 1 aliphatic carbocycles. The predicted molar refractivity (Wildman–Crippen MR) is 89.7 cm³/mol. The van der Waals surface area contributed by atoms with Crippen LogP contribution in [-0.4, -0.2) is 6.04 Å². The van der Waals surface area contributed by atoms with Gasteiger partial charge in [-0.2, -0.15) is 0 Å². The molecule has 3 rings (SSSR count). The number of hydrogen-bond donors (Lipinski definition) is 1. The van der Waals surface area contributed by atoms with Crippen molar-refractivity contribution in [3.05, 3.63) is 60.7 Å². The Bertz CT molecular complexity index is 583. The second kappa shape index (κ2) is 6.17. The van der Waals surface area contributed by atoms with E-state index >= 15 is 0 Å². The topological polar surface area (TPSA) is 29.1 Å². The maximum Gasteiger partial charge on any atom is 0.204 e. The fourth-order valence-electron chi connectivity index (χ4n) is 3.14. The van der Waals surface area contributed by atoms with Crippen molar-refractivity contribution in [1.29, 1.82) is 0 Å². The Morgan fingerprint density at radius 3 is 1.86 bits per heavy atom. The van der Waals surface area contributed by atoms with Gasteiger partial charge in [-0.1, -0.05) is 49.7 Å². The SMILES string of the molecule is C[C@@H]1CCC[C@H]1NP(=O)(c1ccccc1)c1ccccc1. The molecular formula is C18H22NOP. The minimum Gasteiger partial charge on any atom is -0.297 e.